The van der Waals surface area contributed by atoms with E-state index in [-0.39, 0.29) is 0 Å². The van der Waals surface area contributed by atoms with E-state index in [1.807, 2.05) is 72.8 Å². The summed E-state index contributed by atoms with van der Waals surface area (Å²) in [6, 6.07) is 23.8. The van der Waals surface area contributed by atoms with E-state index in [1.54, 1.807) is 0 Å². The number of aromatic nitrogens is 2. The molecule has 1 heterocycles. The zero-order valence-corrected chi connectivity index (χ0v) is 19.6. The zero-order valence-electron chi connectivity index (χ0n) is 15.6. The first-order chi connectivity index (χ1) is 14.6. The van der Waals surface area contributed by atoms with Gasteiger partial charge in [0.05, 0.1) is 20.4 Å². The predicted octanol–water partition coefficient (Wildman–Crippen LogP) is 7.32. The first kappa shape index (κ1) is 20.7. The number of para-hydroxylation sites is 2. The van der Waals surface area contributed by atoms with E-state index >= 15 is 0 Å². The third kappa shape index (κ3) is 5.14. The van der Waals surface area contributed by atoms with Crippen LogP contribution in [0.15, 0.2) is 85.7 Å². The molecule has 0 fully saturated rings. The molecule has 7 heteroatoms. The topological polar surface area (TPSA) is 61.7 Å². The van der Waals surface area contributed by atoms with Gasteiger partial charge in [-0.3, -0.25) is 0 Å². The van der Waals surface area contributed by atoms with Gasteiger partial charge in [-0.1, -0.05) is 46.3 Å². The molecule has 0 radical (unpaired) electrons. The van der Waals surface area contributed by atoms with Gasteiger partial charge in [-0.15, -0.1) is 0 Å². The molecule has 0 saturated carbocycles. The lowest BCUT2D eigenvalue weighted by Crippen LogP contribution is -1.96. The minimum Gasteiger partial charge on any atom is -0.488 e. The Bertz CT molecular complexity index is 1230. The van der Waals surface area contributed by atoms with Gasteiger partial charge in [0.1, 0.15) is 18.4 Å². The van der Waals surface area contributed by atoms with Gasteiger partial charge in [0.15, 0.2) is 5.16 Å². The number of rotatable bonds is 6. The van der Waals surface area contributed by atoms with Crippen molar-refractivity contribution in [3.05, 3.63) is 91.7 Å². The molecule has 4 nitrogen and oxygen atoms in total. The smallest absolute Gasteiger partial charge is 0.171 e. The van der Waals surface area contributed by atoms with Gasteiger partial charge in [0.2, 0.25) is 0 Å². The van der Waals surface area contributed by atoms with E-state index in [2.05, 4.69) is 47.9 Å². The van der Waals surface area contributed by atoms with Gasteiger partial charge in [-0.05, 0) is 81.3 Å². The second-order valence-corrected chi connectivity index (χ2v) is 9.19. The zero-order chi connectivity index (χ0) is 20.9. The summed E-state index contributed by atoms with van der Waals surface area (Å²) in [5.41, 5.74) is 3.82. The van der Waals surface area contributed by atoms with Crippen LogP contribution in [0.2, 0.25) is 0 Å². The molecule has 0 amide bonds. The molecule has 0 saturated heterocycles. The van der Waals surface area contributed by atoms with Gasteiger partial charge in [-0.2, -0.15) is 5.26 Å². The summed E-state index contributed by atoms with van der Waals surface area (Å²) in [6.45, 7) is 0.479. The number of nitrogens with one attached hydrogen (secondary N) is 1. The Labute approximate surface area is 195 Å². The highest BCUT2D eigenvalue weighted by Gasteiger charge is 2.08. The van der Waals surface area contributed by atoms with E-state index in [1.165, 1.54) is 11.8 Å². The maximum absolute atomic E-state index is 9.56. The number of halogens is 2. The maximum atomic E-state index is 9.56. The highest BCUT2D eigenvalue weighted by atomic mass is 79.9. The van der Waals surface area contributed by atoms with E-state index in [0.29, 0.717) is 16.7 Å². The van der Waals surface area contributed by atoms with Crippen LogP contribution in [0, 0.1) is 11.3 Å². The molecule has 0 spiro atoms. The molecule has 4 rings (SSSR count). The van der Waals surface area contributed by atoms with Crippen LogP contribution in [0.1, 0.15) is 11.1 Å². The number of nitrogens with zero attached hydrogens (tertiary/aromatic N) is 2. The number of hydrogen-bond donors (Lipinski definition) is 1. The van der Waals surface area contributed by atoms with Crippen molar-refractivity contribution in [3.8, 4) is 11.8 Å². The van der Waals surface area contributed by atoms with Crippen molar-refractivity contribution in [1.29, 1.82) is 5.26 Å². The van der Waals surface area contributed by atoms with Crippen molar-refractivity contribution < 1.29 is 4.74 Å². The summed E-state index contributed by atoms with van der Waals surface area (Å²) in [7, 11) is 0. The third-order valence-electron chi connectivity index (χ3n) is 4.25. The first-order valence-corrected chi connectivity index (χ1v) is 11.4. The van der Waals surface area contributed by atoms with Crippen molar-refractivity contribution in [2.75, 3.05) is 0 Å². The number of thioether (sulfide) groups is 1. The molecule has 0 aliphatic carbocycles. The minimum absolute atomic E-state index is 0.479. The Hall–Kier alpha value is -2.53. The standard InChI is InChI=1S/C23H15Br2N3OS/c24-17-8-5-15(6-9-17)14-29-22-10-7-16(12-19(22)25)11-18(13-26)30-23-27-20-3-1-2-4-21(20)28-23/h1-12H,14H2,(H,27,28)/b18-11+. The Morgan fingerprint density at radius 3 is 2.63 bits per heavy atom. The summed E-state index contributed by atoms with van der Waals surface area (Å²) in [5.74, 6) is 0.749. The SMILES string of the molecule is N#C/C(=C\c1ccc(OCc2ccc(Br)cc2)c(Br)c1)Sc1nc2ccccc2[nH]1. The molecule has 148 valence electrons. The van der Waals surface area contributed by atoms with Crippen LogP contribution in [0.4, 0.5) is 0 Å². The van der Waals surface area contributed by atoms with E-state index in [4.69, 9.17) is 4.74 Å². The van der Waals surface area contributed by atoms with E-state index < -0.39 is 0 Å². The first-order valence-electron chi connectivity index (χ1n) is 9.02. The summed E-state index contributed by atoms with van der Waals surface area (Å²) in [6.07, 6.45) is 1.83. The Kier molecular flexibility index (Phi) is 6.58. The highest BCUT2D eigenvalue weighted by molar-refractivity contribution is 9.10. The van der Waals surface area contributed by atoms with Crippen LogP contribution in [-0.4, -0.2) is 9.97 Å². The number of aromatic amines is 1. The van der Waals surface area contributed by atoms with Crippen molar-refractivity contribution in [2.24, 2.45) is 0 Å². The molecule has 0 aliphatic heterocycles. The molecule has 0 unspecified atom stereocenters. The van der Waals surface area contributed by atoms with E-state index in [9.17, 15) is 5.26 Å². The van der Waals surface area contributed by atoms with Gasteiger partial charge < -0.3 is 9.72 Å². The minimum atomic E-state index is 0.479. The number of hydrogen-bond acceptors (Lipinski definition) is 4. The lowest BCUT2D eigenvalue weighted by atomic mass is 10.2. The van der Waals surface area contributed by atoms with Crippen molar-refractivity contribution >= 4 is 60.7 Å². The van der Waals surface area contributed by atoms with Gasteiger partial charge in [-0.25, -0.2) is 4.98 Å². The molecule has 1 N–H and O–H groups in total. The van der Waals surface area contributed by atoms with Crippen LogP contribution in [-0.2, 0) is 6.61 Å². The largest absolute Gasteiger partial charge is 0.488 e. The second-order valence-electron chi connectivity index (χ2n) is 6.39. The average molecular weight is 541 g/mol. The molecule has 0 bridgehead atoms. The van der Waals surface area contributed by atoms with Crippen LogP contribution in [0.5, 0.6) is 5.75 Å². The van der Waals surface area contributed by atoms with Crippen molar-refractivity contribution in [2.45, 2.75) is 11.8 Å². The maximum Gasteiger partial charge on any atom is 0.171 e. The summed E-state index contributed by atoms with van der Waals surface area (Å²) >= 11 is 8.31. The fourth-order valence-corrected chi connectivity index (χ4v) is 4.31. The molecular weight excluding hydrogens is 526 g/mol. The second kappa shape index (κ2) is 9.52. The molecule has 0 aliphatic rings. The lowest BCUT2D eigenvalue weighted by Gasteiger charge is -2.09. The number of nitriles is 1. The summed E-state index contributed by atoms with van der Waals surface area (Å²) in [5, 5.41) is 10.2. The predicted molar refractivity (Wildman–Crippen MR) is 128 cm³/mol. The number of imidazole rings is 1. The molecule has 3 aromatic carbocycles. The summed E-state index contributed by atoms with van der Waals surface area (Å²) in [4.78, 5) is 8.29. The van der Waals surface area contributed by atoms with Gasteiger partial charge in [0, 0.05) is 4.47 Å². The monoisotopic (exact) mass is 539 g/mol. The van der Waals surface area contributed by atoms with Crippen molar-refractivity contribution in [3.63, 3.8) is 0 Å². The Morgan fingerprint density at radius 2 is 1.90 bits per heavy atom. The Morgan fingerprint density at radius 1 is 1.10 bits per heavy atom. The fraction of sp³-hybridized carbons (Fsp3) is 0.0435. The van der Waals surface area contributed by atoms with Gasteiger partial charge in [0.25, 0.3) is 0 Å². The van der Waals surface area contributed by atoms with Gasteiger partial charge >= 0.3 is 0 Å². The van der Waals surface area contributed by atoms with Crippen molar-refractivity contribution in [1.82, 2.24) is 9.97 Å². The molecule has 0 atom stereocenters. The molecule has 4 aromatic rings. The average Bonchev–Trinajstić information content (AvgIpc) is 3.16. The number of allylic oxidation sites excluding steroid dienone is 1. The van der Waals surface area contributed by atoms with Crippen LogP contribution in [0.3, 0.4) is 0 Å². The van der Waals surface area contributed by atoms with Crippen LogP contribution >= 0.6 is 43.6 Å². The number of fused-ring (bicyclic) bond motifs is 1. The molecule has 30 heavy (non-hydrogen) atoms. The molecular formula is C23H15Br2N3OS. The number of benzene rings is 3. The third-order valence-corrected chi connectivity index (χ3v) is 6.21. The highest BCUT2D eigenvalue weighted by Crippen LogP contribution is 2.31. The fourth-order valence-electron chi connectivity index (χ4n) is 2.78. The van der Waals surface area contributed by atoms with E-state index in [0.717, 1.165) is 36.9 Å². The quantitative estimate of drug-likeness (QED) is 0.205. The lowest BCUT2D eigenvalue weighted by molar-refractivity contribution is 0.304. The normalized spacial score (nSPS) is 11.4. The van der Waals surface area contributed by atoms with Crippen LogP contribution < -0.4 is 4.74 Å². The number of ether oxygens (including phenoxy) is 1. The summed E-state index contributed by atoms with van der Waals surface area (Å²) < 4.78 is 7.78. The van der Waals surface area contributed by atoms with Crippen LogP contribution in [0.25, 0.3) is 17.1 Å². The number of H-pyrrole nitrogens is 1. The Balaban J connectivity index is 1.47. The molecule has 1 aromatic heterocycles.